The van der Waals surface area contributed by atoms with Crippen molar-refractivity contribution in [3.05, 3.63) is 52.8 Å². The highest BCUT2D eigenvalue weighted by atomic mass is 35.5. The molecule has 4 rings (SSSR count). The molecule has 1 aromatic carbocycles. The molecule has 3 aromatic rings. The third-order valence-corrected chi connectivity index (χ3v) is 5.25. The normalized spacial score (nSPS) is 17.4. The smallest absolute Gasteiger partial charge is 0.283 e. The second-order valence-corrected chi connectivity index (χ2v) is 7.01. The number of carbonyl (C=O) groups excluding carboxylic acids is 1. The van der Waals surface area contributed by atoms with Crippen LogP contribution in [0.25, 0.3) is 10.2 Å². The second kappa shape index (κ2) is 6.37. The van der Waals surface area contributed by atoms with Gasteiger partial charge in [0, 0.05) is 31.4 Å². The van der Waals surface area contributed by atoms with Crippen LogP contribution in [0.2, 0.25) is 5.02 Å². The molecule has 1 fully saturated rings. The number of rotatable bonds is 3. The zero-order chi connectivity index (χ0) is 16.5. The van der Waals surface area contributed by atoms with Crippen molar-refractivity contribution < 1.29 is 9.53 Å². The number of benzene rings is 1. The lowest BCUT2D eigenvalue weighted by Gasteiger charge is -2.16. The maximum absolute atomic E-state index is 12.7. The first-order chi connectivity index (χ1) is 11.7. The summed E-state index contributed by atoms with van der Waals surface area (Å²) in [6, 6.07) is 9.51. The van der Waals surface area contributed by atoms with E-state index in [1.165, 1.54) is 11.3 Å². The molecule has 0 spiro atoms. The summed E-state index contributed by atoms with van der Waals surface area (Å²) in [5.41, 5.74) is 0.862. The van der Waals surface area contributed by atoms with Crippen molar-refractivity contribution in [3.63, 3.8) is 0 Å². The highest BCUT2D eigenvalue weighted by Crippen LogP contribution is 2.27. The average molecular weight is 360 g/mol. The number of ether oxygens (including phenoxy) is 1. The first-order valence-corrected chi connectivity index (χ1v) is 8.81. The lowest BCUT2D eigenvalue weighted by molar-refractivity contribution is 0.0772. The first kappa shape index (κ1) is 15.4. The number of amides is 1. The van der Waals surface area contributed by atoms with Gasteiger partial charge in [-0.3, -0.25) is 9.78 Å². The molecule has 0 aliphatic carbocycles. The summed E-state index contributed by atoms with van der Waals surface area (Å²) >= 11 is 7.49. The van der Waals surface area contributed by atoms with E-state index in [0.29, 0.717) is 28.9 Å². The van der Waals surface area contributed by atoms with Gasteiger partial charge in [0.25, 0.3) is 5.91 Å². The van der Waals surface area contributed by atoms with E-state index in [1.807, 2.05) is 24.3 Å². The van der Waals surface area contributed by atoms with E-state index in [2.05, 4.69) is 9.97 Å². The van der Waals surface area contributed by atoms with E-state index >= 15 is 0 Å². The van der Waals surface area contributed by atoms with Crippen LogP contribution in [-0.2, 0) is 0 Å². The SMILES string of the molecule is O=C(c1nc2ccccc2s1)N1CC[C@@H](Oc2ccncc2Cl)C1. The highest BCUT2D eigenvalue weighted by molar-refractivity contribution is 7.20. The number of thiazole rings is 1. The molecule has 1 amide bonds. The Kier molecular flexibility index (Phi) is 4.08. The molecule has 0 unspecified atom stereocenters. The monoisotopic (exact) mass is 359 g/mol. The van der Waals surface area contributed by atoms with E-state index < -0.39 is 0 Å². The van der Waals surface area contributed by atoms with Gasteiger partial charge in [-0.2, -0.15) is 0 Å². The Balaban J connectivity index is 1.46. The molecule has 3 heterocycles. The Bertz CT molecular complexity index is 865. The third-order valence-electron chi connectivity index (χ3n) is 3.94. The van der Waals surface area contributed by atoms with Crippen molar-refractivity contribution in [2.24, 2.45) is 0 Å². The minimum Gasteiger partial charge on any atom is -0.487 e. The highest BCUT2D eigenvalue weighted by Gasteiger charge is 2.30. The molecule has 0 radical (unpaired) electrons. The lowest BCUT2D eigenvalue weighted by Crippen LogP contribution is -2.30. The molecule has 1 atom stereocenters. The average Bonchev–Trinajstić information content (AvgIpc) is 3.23. The van der Waals surface area contributed by atoms with Gasteiger partial charge in [-0.25, -0.2) is 4.98 Å². The maximum Gasteiger partial charge on any atom is 0.283 e. The van der Waals surface area contributed by atoms with Crippen LogP contribution in [0.3, 0.4) is 0 Å². The number of halogens is 1. The summed E-state index contributed by atoms with van der Waals surface area (Å²) < 4.78 is 6.92. The summed E-state index contributed by atoms with van der Waals surface area (Å²) in [4.78, 5) is 22.8. The number of carbonyl (C=O) groups is 1. The number of nitrogens with zero attached hydrogens (tertiary/aromatic N) is 3. The van der Waals surface area contributed by atoms with Crippen molar-refractivity contribution in [2.75, 3.05) is 13.1 Å². The van der Waals surface area contributed by atoms with Crippen LogP contribution in [0.1, 0.15) is 16.2 Å². The Morgan fingerprint density at radius 2 is 2.21 bits per heavy atom. The molecule has 122 valence electrons. The molecule has 2 aromatic heterocycles. The van der Waals surface area contributed by atoms with Gasteiger partial charge in [0.05, 0.1) is 16.8 Å². The summed E-state index contributed by atoms with van der Waals surface area (Å²) in [5, 5.41) is 1.01. The van der Waals surface area contributed by atoms with E-state index in [1.54, 1.807) is 23.4 Å². The summed E-state index contributed by atoms with van der Waals surface area (Å²) in [7, 11) is 0. The van der Waals surface area contributed by atoms with Gasteiger partial charge in [-0.15, -0.1) is 11.3 Å². The number of likely N-dealkylation sites (tertiary alicyclic amines) is 1. The van der Waals surface area contributed by atoms with Crippen molar-refractivity contribution >= 4 is 39.1 Å². The molecule has 5 nitrogen and oxygen atoms in total. The van der Waals surface area contributed by atoms with Crippen molar-refractivity contribution in [3.8, 4) is 5.75 Å². The van der Waals surface area contributed by atoms with Gasteiger partial charge < -0.3 is 9.64 Å². The van der Waals surface area contributed by atoms with Crippen LogP contribution >= 0.6 is 22.9 Å². The largest absolute Gasteiger partial charge is 0.487 e. The van der Waals surface area contributed by atoms with Crippen molar-refractivity contribution in [1.82, 2.24) is 14.9 Å². The first-order valence-electron chi connectivity index (χ1n) is 7.62. The molecule has 0 saturated carbocycles. The van der Waals surface area contributed by atoms with Crippen molar-refractivity contribution in [1.29, 1.82) is 0 Å². The van der Waals surface area contributed by atoms with E-state index in [9.17, 15) is 4.79 Å². The quantitative estimate of drug-likeness (QED) is 0.716. The maximum atomic E-state index is 12.7. The molecular formula is C17H14ClN3O2S. The number of hydrogen-bond acceptors (Lipinski definition) is 5. The third kappa shape index (κ3) is 2.95. The van der Waals surface area contributed by atoms with Gasteiger partial charge in [0.15, 0.2) is 5.01 Å². The molecule has 24 heavy (non-hydrogen) atoms. The minimum atomic E-state index is -0.0665. The van der Waals surface area contributed by atoms with E-state index in [4.69, 9.17) is 16.3 Å². The van der Waals surface area contributed by atoms with Crippen LogP contribution in [0.4, 0.5) is 0 Å². The van der Waals surface area contributed by atoms with Gasteiger partial charge >= 0.3 is 0 Å². The summed E-state index contributed by atoms with van der Waals surface area (Å²) in [6.45, 7) is 1.19. The Hall–Kier alpha value is -2.18. The molecule has 1 aliphatic rings. The van der Waals surface area contributed by atoms with Gasteiger partial charge in [0.1, 0.15) is 16.9 Å². The Morgan fingerprint density at radius 3 is 3.04 bits per heavy atom. The predicted octanol–water partition coefficient (Wildman–Crippen LogP) is 3.64. The number of hydrogen-bond donors (Lipinski definition) is 0. The predicted molar refractivity (Wildman–Crippen MR) is 93.8 cm³/mol. The van der Waals surface area contributed by atoms with Crippen LogP contribution in [0.5, 0.6) is 5.75 Å². The van der Waals surface area contributed by atoms with Crippen molar-refractivity contribution in [2.45, 2.75) is 12.5 Å². The minimum absolute atomic E-state index is 0.0388. The Morgan fingerprint density at radius 1 is 1.33 bits per heavy atom. The second-order valence-electron chi connectivity index (χ2n) is 5.57. The molecule has 1 aliphatic heterocycles. The standard InChI is InChI=1S/C17H14ClN3O2S/c18-12-9-19-7-5-14(12)23-11-6-8-21(10-11)17(22)16-20-13-3-1-2-4-15(13)24-16/h1-5,7,9,11H,6,8,10H2/t11-/m1/s1. The van der Waals surface area contributed by atoms with Crippen LogP contribution in [0, 0.1) is 0 Å². The summed E-state index contributed by atoms with van der Waals surface area (Å²) in [5.74, 6) is 0.564. The lowest BCUT2D eigenvalue weighted by atomic mass is 10.3. The van der Waals surface area contributed by atoms with E-state index in [0.717, 1.165) is 16.6 Å². The molecule has 1 saturated heterocycles. The fourth-order valence-electron chi connectivity index (χ4n) is 2.75. The molecule has 0 N–H and O–H groups in total. The van der Waals surface area contributed by atoms with Crippen LogP contribution < -0.4 is 4.74 Å². The zero-order valence-corrected chi connectivity index (χ0v) is 14.3. The molecule has 7 heteroatoms. The molecule has 0 bridgehead atoms. The van der Waals surface area contributed by atoms with Crippen LogP contribution in [-0.4, -0.2) is 40.0 Å². The zero-order valence-electron chi connectivity index (χ0n) is 12.7. The van der Waals surface area contributed by atoms with Crippen LogP contribution in [0.15, 0.2) is 42.7 Å². The van der Waals surface area contributed by atoms with Gasteiger partial charge in [0.2, 0.25) is 0 Å². The van der Waals surface area contributed by atoms with E-state index in [-0.39, 0.29) is 12.0 Å². The number of para-hydroxylation sites is 1. The molecular weight excluding hydrogens is 346 g/mol. The fraction of sp³-hybridized carbons (Fsp3) is 0.235. The number of aromatic nitrogens is 2. The summed E-state index contributed by atoms with van der Waals surface area (Å²) in [6.07, 6.45) is 3.90. The van der Waals surface area contributed by atoms with Gasteiger partial charge in [-0.1, -0.05) is 23.7 Å². The Labute approximate surface area is 147 Å². The number of pyridine rings is 1. The fourth-order valence-corrected chi connectivity index (χ4v) is 3.84. The van der Waals surface area contributed by atoms with Gasteiger partial charge in [-0.05, 0) is 12.1 Å². The number of fused-ring (bicyclic) bond motifs is 1. The topological polar surface area (TPSA) is 55.3 Å².